The Labute approximate surface area is 271 Å². The van der Waals surface area contributed by atoms with Crippen LogP contribution in [0.4, 0.5) is 10.1 Å². The predicted molar refractivity (Wildman–Crippen MR) is 177 cm³/mol. The van der Waals surface area contributed by atoms with Crippen molar-refractivity contribution in [2.45, 2.75) is 91.4 Å². The molecule has 8 nitrogen and oxygen atoms in total. The van der Waals surface area contributed by atoms with Gasteiger partial charge in [-0.05, 0) is 59.9 Å². The summed E-state index contributed by atoms with van der Waals surface area (Å²) < 4.78 is 30.8. The quantitative estimate of drug-likeness (QED) is 0.0400. The molecule has 0 aliphatic heterocycles. The number of halogens is 1. The maximum absolute atomic E-state index is 14.6. The lowest BCUT2D eigenvalue weighted by molar-refractivity contribution is -0.385. The van der Waals surface area contributed by atoms with Crippen molar-refractivity contribution in [3.8, 4) is 22.6 Å². The second kappa shape index (κ2) is 19.3. The third kappa shape index (κ3) is 11.6. The first-order chi connectivity index (χ1) is 22.2. The first-order valence-electron chi connectivity index (χ1n) is 16.4. The number of ether oxygens (including phenoxy) is 3. The summed E-state index contributed by atoms with van der Waals surface area (Å²) in [6.07, 6.45) is 12.8. The van der Waals surface area contributed by atoms with E-state index >= 15 is 0 Å². The summed E-state index contributed by atoms with van der Waals surface area (Å²) in [6.45, 7) is 6.79. The summed E-state index contributed by atoms with van der Waals surface area (Å²) >= 11 is 0. The molecule has 248 valence electrons. The van der Waals surface area contributed by atoms with E-state index in [1.165, 1.54) is 75.3 Å². The van der Waals surface area contributed by atoms with E-state index in [9.17, 15) is 24.1 Å². The van der Waals surface area contributed by atoms with Gasteiger partial charge in [-0.15, -0.1) is 0 Å². The van der Waals surface area contributed by atoms with Crippen LogP contribution in [0.5, 0.6) is 11.5 Å². The summed E-state index contributed by atoms with van der Waals surface area (Å²) in [5, 5.41) is 11.8. The van der Waals surface area contributed by atoms with Crippen LogP contribution < -0.4 is 9.47 Å². The topological polar surface area (TPSA) is 105 Å². The third-order valence-corrected chi connectivity index (χ3v) is 7.93. The molecule has 0 fully saturated rings. The number of hydrogen-bond donors (Lipinski definition) is 0. The molecule has 9 heteroatoms. The van der Waals surface area contributed by atoms with Crippen LogP contribution in [-0.2, 0) is 4.74 Å². The van der Waals surface area contributed by atoms with E-state index in [0.29, 0.717) is 17.7 Å². The first kappa shape index (κ1) is 36.2. The van der Waals surface area contributed by atoms with Crippen LogP contribution in [0.3, 0.4) is 0 Å². The number of nitro benzene ring substituents is 1. The third-order valence-electron chi connectivity index (χ3n) is 7.93. The van der Waals surface area contributed by atoms with Crippen molar-refractivity contribution in [1.29, 1.82) is 0 Å². The Bertz CT molecular complexity index is 1420. The number of hydrogen-bond acceptors (Lipinski definition) is 7. The van der Waals surface area contributed by atoms with Gasteiger partial charge in [0.05, 0.1) is 29.3 Å². The molecule has 1 atom stereocenters. The van der Waals surface area contributed by atoms with E-state index in [1.54, 1.807) is 24.3 Å². The van der Waals surface area contributed by atoms with Gasteiger partial charge in [0.2, 0.25) is 0 Å². The van der Waals surface area contributed by atoms with Crippen LogP contribution in [0.1, 0.15) is 112 Å². The number of rotatable bonds is 20. The molecule has 0 saturated carbocycles. The van der Waals surface area contributed by atoms with Crippen LogP contribution in [-0.4, -0.2) is 30.1 Å². The van der Waals surface area contributed by atoms with Crippen molar-refractivity contribution in [1.82, 2.24) is 0 Å². The summed E-state index contributed by atoms with van der Waals surface area (Å²) in [5.41, 5.74) is 1.28. The summed E-state index contributed by atoms with van der Waals surface area (Å²) in [5.74, 6) is -2.22. The van der Waals surface area contributed by atoms with Gasteiger partial charge in [-0.1, -0.05) is 103 Å². The summed E-state index contributed by atoms with van der Waals surface area (Å²) in [4.78, 5) is 36.2. The normalized spacial score (nSPS) is 11.6. The largest absolute Gasteiger partial charge is 0.487 e. The van der Waals surface area contributed by atoms with Gasteiger partial charge < -0.3 is 14.2 Å². The molecule has 3 aromatic rings. The molecule has 0 aromatic heterocycles. The smallest absolute Gasteiger partial charge is 0.343 e. The van der Waals surface area contributed by atoms with Gasteiger partial charge in [-0.25, -0.2) is 14.0 Å². The number of nitrogens with zero attached hydrogens (tertiary/aromatic N) is 1. The Morgan fingerprint density at radius 2 is 1.35 bits per heavy atom. The monoisotopic (exact) mass is 635 g/mol. The van der Waals surface area contributed by atoms with Crippen LogP contribution >= 0.6 is 0 Å². The van der Waals surface area contributed by atoms with Crippen LogP contribution in [0.15, 0.2) is 60.7 Å². The van der Waals surface area contributed by atoms with E-state index in [0.717, 1.165) is 31.7 Å². The predicted octanol–water partition coefficient (Wildman–Crippen LogP) is 10.1. The van der Waals surface area contributed by atoms with Gasteiger partial charge in [-0.2, -0.15) is 0 Å². The first-order valence-corrected chi connectivity index (χ1v) is 16.4. The van der Waals surface area contributed by atoms with Gasteiger partial charge in [0.25, 0.3) is 0 Å². The molecular formula is C37H46FNO7. The number of esters is 2. The molecule has 0 aliphatic carbocycles. The van der Waals surface area contributed by atoms with Crippen molar-refractivity contribution in [3.63, 3.8) is 0 Å². The molecule has 0 radical (unpaired) electrons. The second-order valence-electron chi connectivity index (χ2n) is 11.7. The van der Waals surface area contributed by atoms with Gasteiger partial charge in [0.1, 0.15) is 0 Å². The molecule has 3 aromatic carbocycles. The Hall–Kier alpha value is -4.27. The number of benzene rings is 3. The molecular weight excluding hydrogens is 589 g/mol. The maximum Gasteiger partial charge on any atom is 0.343 e. The standard InChI is InChI=1S/C37H46FNO7/c1-4-6-7-8-9-10-11-12-13-14-23-44-35-22-19-30(25-33(35)39(42)43)28-15-17-29(18-16-28)37(41)46-34-21-20-31(24-32(34)38)36(40)45-26-27(3)5-2/h15-22,24-25,27H,4-14,23,26H2,1-3H3. The highest BCUT2D eigenvalue weighted by atomic mass is 19.1. The molecule has 46 heavy (non-hydrogen) atoms. The van der Waals surface area contributed by atoms with E-state index in [4.69, 9.17) is 14.2 Å². The summed E-state index contributed by atoms with van der Waals surface area (Å²) in [7, 11) is 0. The van der Waals surface area contributed by atoms with E-state index in [1.807, 2.05) is 13.8 Å². The number of carbonyl (C=O) groups excluding carboxylic acids is 2. The molecule has 0 N–H and O–H groups in total. The number of nitro groups is 1. The highest BCUT2D eigenvalue weighted by molar-refractivity contribution is 5.92. The van der Waals surface area contributed by atoms with E-state index < -0.39 is 22.7 Å². The fraction of sp³-hybridized carbons (Fsp3) is 0.459. The minimum atomic E-state index is -0.870. The fourth-order valence-electron chi connectivity index (χ4n) is 4.82. The second-order valence-corrected chi connectivity index (χ2v) is 11.7. The number of unbranched alkanes of at least 4 members (excludes halogenated alkanes) is 9. The maximum atomic E-state index is 14.6. The van der Waals surface area contributed by atoms with Gasteiger partial charge in [0.15, 0.2) is 17.3 Å². The molecule has 3 rings (SSSR count). The van der Waals surface area contributed by atoms with Crippen LogP contribution in [0.25, 0.3) is 11.1 Å². The lowest BCUT2D eigenvalue weighted by atomic mass is 10.0. The minimum Gasteiger partial charge on any atom is -0.487 e. The Kier molecular flexibility index (Phi) is 15.2. The molecule has 0 aliphatic rings. The Balaban J connectivity index is 1.52. The van der Waals surface area contributed by atoms with Gasteiger partial charge >= 0.3 is 17.6 Å². The van der Waals surface area contributed by atoms with Crippen LogP contribution in [0.2, 0.25) is 0 Å². The minimum absolute atomic E-state index is 0.0225. The van der Waals surface area contributed by atoms with Crippen molar-refractivity contribution in [3.05, 3.63) is 87.7 Å². The lowest BCUT2D eigenvalue weighted by Crippen LogP contribution is -2.13. The van der Waals surface area contributed by atoms with E-state index in [-0.39, 0.29) is 40.8 Å². The van der Waals surface area contributed by atoms with Crippen molar-refractivity contribution < 1.29 is 33.1 Å². The molecule has 0 bridgehead atoms. The van der Waals surface area contributed by atoms with Crippen LogP contribution in [0, 0.1) is 21.8 Å². The average Bonchev–Trinajstić information content (AvgIpc) is 3.06. The molecule has 1 unspecified atom stereocenters. The van der Waals surface area contributed by atoms with Crippen molar-refractivity contribution >= 4 is 17.6 Å². The molecule has 0 saturated heterocycles. The summed E-state index contributed by atoms with van der Waals surface area (Å²) in [6, 6.07) is 14.6. The zero-order valence-electron chi connectivity index (χ0n) is 27.2. The SMILES string of the molecule is CCCCCCCCCCCCOc1ccc(-c2ccc(C(=O)Oc3ccc(C(=O)OCC(C)CC)cc3F)cc2)cc1[N+](=O)[O-]. The molecule has 0 heterocycles. The Morgan fingerprint density at radius 1 is 0.761 bits per heavy atom. The highest BCUT2D eigenvalue weighted by Crippen LogP contribution is 2.33. The van der Waals surface area contributed by atoms with Crippen molar-refractivity contribution in [2.75, 3.05) is 13.2 Å². The lowest BCUT2D eigenvalue weighted by Gasteiger charge is -2.11. The van der Waals surface area contributed by atoms with E-state index in [2.05, 4.69) is 6.92 Å². The highest BCUT2D eigenvalue weighted by Gasteiger charge is 2.19. The molecule has 0 spiro atoms. The fourth-order valence-corrected chi connectivity index (χ4v) is 4.82. The average molecular weight is 636 g/mol. The van der Waals surface area contributed by atoms with Gasteiger partial charge in [0, 0.05) is 6.07 Å². The Morgan fingerprint density at radius 3 is 1.96 bits per heavy atom. The molecule has 0 amide bonds. The number of carbonyl (C=O) groups is 2. The van der Waals surface area contributed by atoms with Crippen molar-refractivity contribution in [2.24, 2.45) is 5.92 Å². The zero-order valence-corrected chi connectivity index (χ0v) is 27.2. The zero-order chi connectivity index (χ0) is 33.3. The van der Waals surface area contributed by atoms with Gasteiger partial charge in [-0.3, -0.25) is 10.1 Å².